The number of nitriles is 1. The second-order valence-corrected chi connectivity index (χ2v) is 4.77. The highest BCUT2D eigenvalue weighted by Gasteiger charge is 2.09. The molecule has 19 heavy (non-hydrogen) atoms. The highest BCUT2D eigenvalue weighted by molar-refractivity contribution is 5.62. The molecule has 0 fully saturated rings. The third-order valence-corrected chi connectivity index (χ3v) is 3.19. The number of furan rings is 1. The van der Waals surface area contributed by atoms with Crippen molar-refractivity contribution in [2.24, 2.45) is 0 Å². The maximum Gasteiger partial charge on any atom is 0.103 e. The number of hydrogen-bond acceptors (Lipinski definition) is 3. The van der Waals surface area contributed by atoms with Crippen molar-refractivity contribution in [2.75, 3.05) is 5.32 Å². The summed E-state index contributed by atoms with van der Waals surface area (Å²) < 4.78 is 5.32. The van der Waals surface area contributed by atoms with Gasteiger partial charge in [-0.25, -0.2) is 0 Å². The first-order valence-corrected chi connectivity index (χ1v) is 6.49. The number of nitrogens with zero attached hydrogens (tertiary/aromatic N) is 1. The summed E-state index contributed by atoms with van der Waals surface area (Å²) in [7, 11) is 0. The molecule has 0 aliphatic rings. The summed E-state index contributed by atoms with van der Waals surface area (Å²) in [4.78, 5) is 0. The van der Waals surface area contributed by atoms with Gasteiger partial charge in [0.15, 0.2) is 0 Å². The lowest BCUT2D eigenvalue weighted by molar-refractivity contribution is 0.495. The van der Waals surface area contributed by atoms with Crippen molar-refractivity contribution >= 4 is 5.69 Å². The number of rotatable bonds is 5. The number of anilines is 1. The molecule has 3 nitrogen and oxygen atoms in total. The van der Waals surface area contributed by atoms with Crippen LogP contribution in [0.2, 0.25) is 0 Å². The zero-order valence-corrected chi connectivity index (χ0v) is 11.3. The van der Waals surface area contributed by atoms with Crippen LogP contribution in [0.15, 0.2) is 41.0 Å². The van der Waals surface area contributed by atoms with E-state index in [0.717, 1.165) is 29.9 Å². The number of hydrogen-bond donors (Lipinski definition) is 1. The molecule has 1 atom stereocenters. The number of aryl methyl sites for hydroxylation is 2. The van der Waals surface area contributed by atoms with E-state index in [2.05, 4.69) is 18.3 Å². The third kappa shape index (κ3) is 3.38. The largest absolute Gasteiger partial charge is 0.469 e. The quantitative estimate of drug-likeness (QED) is 0.880. The second-order valence-electron chi connectivity index (χ2n) is 4.77. The first-order chi connectivity index (χ1) is 9.20. The van der Waals surface area contributed by atoms with Crippen molar-refractivity contribution < 1.29 is 4.42 Å². The molecule has 0 radical (unpaired) electrons. The molecular formula is C16H18N2O. The first kappa shape index (κ1) is 13.2. The lowest BCUT2D eigenvalue weighted by atomic mass is 10.1. The molecule has 0 amide bonds. The maximum absolute atomic E-state index is 9.13. The van der Waals surface area contributed by atoms with Crippen LogP contribution in [0.4, 0.5) is 5.69 Å². The van der Waals surface area contributed by atoms with E-state index in [0.29, 0.717) is 11.6 Å². The van der Waals surface area contributed by atoms with Crippen LogP contribution in [-0.2, 0) is 6.42 Å². The Kier molecular flexibility index (Phi) is 4.25. The summed E-state index contributed by atoms with van der Waals surface area (Å²) >= 11 is 0. The van der Waals surface area contributed by atoms with Crippen LogP contribution in [0.1, 0.15) is 30.2 Å². The van der Waals surface area contributed by atoms with E-state index < -0.39 is 0 Å². The molecule has 98 valence electrons. The minimum Gasteiger partial charge on any atom is -0.469 e. The monoisotopic (exact) mass is 254 g/mol. The van der Waals surface area contributed by atoms with Crippen LogP contribution in [0.3, 0.4) is 0 Å². The van der Waals surface area contributed by atoms with Crippen molar-refractivity contribution in [3.8, 4) is 6.07 Å². The lowest BCUT2D eigenvalue weighted by Gasteiger charge is -2.17. The highest BCUT2D eigenvalue weighted by Crippen LogP contribution is 2.21. The van der Waals surface area contributed by atoms with Gasteiger partial charge in [0, 0.05) is 12.5 Å². The summed E-state index contributed by atoms with van der Waals surface area (Å²) in [5.74, 6) is 0.999. The van der Waals surface area contributed by atoms with Gasteiger partial charge in [-0.1, -0.05) is 12.1 Å². The van der Waals surface area contributed by atoms with Gasteiger partial charge in [0.1, 0.15) is 11.8 Å². The molecule has 0 aliphatic heterocycles. The molecule has 1 N–H and O–H groups in total. The molecule has 0 saturated carbocycles. The molecule has 1 aromatic heterocycles. The van der Waals surface area contributed by atoms with E-state index in [1.54, 1.807) is 6.26 Å². The van der Waals surface area contributed by atoms with Crippen molar-refractivity contribution in [3.63, 3.8) is 0 Å². The smallest absolute Gasteiger partial charge is 0.103 e. The van der Waals surface area contributed by atoms with Gasteiger partial charge in [-0.2, -0.15) is 5.26 Å². The standard InChI is InChI=1S/C16H18N2O/c1-12-5-3-6-14(11-17)16(12)18-13(2)8-9-15-7-4-10-19-15/h3-7,10,13,18H,8-9H2,1-2H3. The summed E-state index contributed by atoms with van der Waals surface area (Å²) in [5, 5.41) is 12.6. The second kappa shape index (κ2) is 6.10. The molecule has 0 saturated heterocycles. The lowest BCUT2D eigenvalue weighted by Crippen LogP contribution is -2.17. The van der Waals surface area contributed by atoms with Gasteiger partial charge >= 0.3 is 0 Å². The van der Waals surface area contributed by atoms with Crippen molar-refractivity contribution in [2.45, 2.75) is 32.7 Å². The molecular weight excluding hydrogens is 236 g/mol. The fourth-order valence-corrected chi connectivity index (χ4v) is 2.08. The minimum absolute atomic E-state index is 0.290. The Morgan fingerprint density at radius 2 is 2.16 bits per heavy atom. The molecule has 3 heteroatoms. The zero-order valence-electron chi connectivity index (χ0n) is 11.3. The summed E-state index contributed by atoms with van der Waals surface area (Å²) in [6, 6.07) is 12.2. The number of para-hydroxylation sites is 1. The van der Waals surface area contributed by atoms with Gasteiger partial charge in [-0.15, -0.1) is 0 Å². The zero-order chi connectivity index (χ0) is 13.7. The molecule has 0 aliphatic carbocycles. The van der Waals surface area contributed by atoms with Crippen molar-refractivity contribution in [3.05, 3.63) is 53.5 Å². The summed E-state index contributed by atoms with van der Waals surface area (Å²) in [6.45, 7) is 4.14. The Hall–Kier alpha value is -2.21. The Morgan fingerprint density at radius 3 is 2.84 bits per heavy atom. The Balaban J connectivity index is 1.99. The van der Waals surface area contributed by atoms with Gasteiger partial charge < -0.3 is 9.73 Å². The van der Waals surface area contributed by atoms with Crippen LogP contribution in [0.5, 0.6) is 0 Å². The van der Waals surface area contributed by atoms with Crippen LogP contribution < -0.4 is 5.32 Å². The number of benzene rings is 1. The molecule has 1 aromatic carbocycles. The third-order valence-electron chi connectivity index (χ3n) is 3.19. The average molecular weight is 254 g/mol. The van der Waals surface area contributed by atoms with Gasteiger partial charge in [0.2, 0.25) is 0 Å². The minimum atomic E-state index is 0.290. The molecule has 0 spiro atoms. The molecule has 1 unspecified atom stereocenters. The van der Waals surface area contributed by atoms with E-state index in [4.69, 9.17) is 9.68 Å². The summed E-state index contributed by atoms with van der Waals surface area (Å²) in [6.07, 6.45) is 3.56. The van der Waals surface area contributed by atoms with Crippen molar-refractivity contribution in [1.82, 2.24) is 0 Å². The summed E-state index contributed by atoms with van der Waals surface area (Å²) in [5.41, 5.74) is 2.74. The van der Waals surface area contributed by atoms with Crippen LogP contribution in [0.25, 0.3) is 0 Å². The van der Waals surface area contributed by atoms with Gasteiger partial charge in [0.25, 0.3) is 0 Å². The normalized spacial score (nSPS) is 11.8. The fourth-order valence-electron chi connectivity index (χ4n) is 2.08. The van der Waals surface area contributed by atoms with Gasteiger partial charge in [0.05, 0.1) is 17.5 Å². The first-order valence-electron chi connectivity index (χ1n) is 6.49. The van der Waals surface area contributed by atoms with Gasteiger partial charge in [-0.05, 0) is 44.0 Å². The molecule has 1 heterocycles. The van der Waals surface area contributed by atoms with Crippen LogP contribution in [0, 0.1) is 18.3 Å². The molecule has 2 aromatic rings. The van der Waals surface area contributed by atoms with E-state index in [1.165, 1.54) is 0 Å². The fraction of sp³-hybridized carbons (Fsp3) is 0.312. The average Bonchev–Trinajstić information content (AvgIpc) is 2.92. The van der Waals surface area contributed by atoms with Crippen LogP contribution in [-0.4, -0.2) is 6.04 Å². The Bertz CT molecular complexity index is 567. The van der Waals surface area contributed by atoms with E-state index in [1.807, 2.05) is 37.3 Å². The maximum atomic E-state index is 9.13. The van der Waals surface area contributed by atoms with E-state index in [-0.39, 0.29) is 0 Å². The van der Waals surface area contributed by atoms with Gasteiger partial charge in [-0.3, -0.25) is 0 Å². The highest BCUT2D eigenvalue weighted by atomic mass is 16.3. The molecule has 2 rings (SSSR count). The topological polar surface area (TPSA) is 49.0 Å². The number of nitrogens with one attached hydrogen (secondary N) is 1. The SMILES string of the molecule is Cc1cccc(C#N)c1NC(C)CCc1ccco1. The Morgan fingerprint density at radius 1 is 1.32 bits per heavy atom. The molecule has 0 bridgehead atoms. The van der Waals surface area contributed by atoms with Crippen LogP contribution >= 0.6 is 0 Å². The van der Waals surface area contributed by atoms with E-state index in [9.17, 15) is 0 Å². The Labute approximate surface area is 113 Å². The van der Waals surface area contributed by atoms with Crippen molar-refractivity contribution in [1.29, 1.82) is 5.26 Å². The predicted molar refractivity (Wildman–Crippen MR) is 76.0 cm³/mol. The van der Waals surface area contributed by atoms with E-state index >= 15 is 0 Å². The predicted octanol–water partition coefficient (Wildman–Crippen LogP) is 3.89.